The van der Waals surface area contributed by atoms with Crippen molar-refractivity contribution in [2.24, 2.45) is 0 Å². The summed E-state index contributed by atoms with van der Waals surface area (Å²) in [5.41, 5.74) is 0. The van der Waals surface area contributed by atoms with Gasteiger partial charge in [-0.05, 0) is 12.8 Å². The Balaban J connectivity index is 3.75. The fraction of sp³-hybridized carbons (Fsp3) is 0.857. The summed E-state index contributed by atoms with van der Waals surface area (Å²) in [4.78, 5) is 10.6. The van der Waals surface area contributed by atoms with Crippen LogP contribution in [0.2, 0.25) is 0 Å². The van der Waals surface area contributed by atoms with Gasteiger partial charge in [0.15, 0.2) is 6.10 Å². The smallest absolute Gasteiger partial charge is 0.337 e. The highest BCUT2D eigenvalue weighted by molar-refractivity contribution is 5.74. The van der Waals surface area contributed by atoms with E-state index in [1.54, 1.807) is 0 Å². The molecule has 0 aromatic rings. The number of rotatable bonds is 5. The molecule has 0 aromatic carbocycles. The molecule has 0 saturated carbocycles. The van der Waals surface area contributed by atoms with Gasteiger partial charge in [-0.25, -0.2) is 4.79 Å². The molecule has 0 bridgehead atoms. The first-order valence-corrected chi connectivity index (χ1v) is 3.68. The minimum absolute atomic E-state index is 0.0784. The molecule has 0 heterocycles. The normalized spacial score (nSPS) is 15.3. The van der Waals surface area contributed by atoms with Gasteiger partial charge < -0.3 is 20.1 Å². The second kappa shape index (κ2) is 5.93. The third kappa shape index (κ3) is 3.66. The number of hydrogen-bond donors (Lipinski definition) is 3. The average molecular weight is 178 g/mol. The van der Waals surface area contributed by atoms with Gasteiger partial charge in [0.1, 0.15) is 0 Å². The molecule has 72 valence electrons. The highest BCUT2D eigenvalue weighted by Gasteiger charge is 2.23. The van der Waals surface area contributed by atoms with Crippen molar-refractivity contribution in [1.29, 1.82) is 0 Å². The van der Waals surface area contributed by atoms with Crippen LogP contribution in [-0.4, -0.2) is 47.2 Å². The average Bonchev–Trinajstić information content (AvgIpc) is 2.11. The number of carbonyl (C=O) groups is 1. The Bertz CT molecular complexity index is 136. The minimum atomic E-state index is -1.51. The van der Waals surface area contributed by atoms with E-state index >= 15 is 0 Å². The molecule has 3 N–H and O–H groups in total. The van der Waals surface area contributed by atoms with Gasteiger partial charge in [-0.3, -0.25) is 0 Å². The van der Waals surface area contributed by atoms with Crippen molar-refractivity contribution in [3.05, 3.63) is 0 Å². The molecular formula is C7H14O5. The zero-order valence-electron chi connectivity index (χ0n) is 6.93. The number of aliphatic hydroxyl groups is 3. The fourth-order valence-corrected chi connectivity index (χ4v) is 0.736. The molecule has 0 rings (SSSR count). The number of esters is 1. The van der Waals surface area contributed by atoms with Crippen LogP contribution >= 0.6 is 0 Å². The Morgan fingerprint density at radius 2 is 2.08 bits per heavy atom. The topological polar surface area (TPSA) is 87.0 Å². The molecule has 0 saturated heterocycles. The molecule has 12 heavy (non-hydrogen) atoms. The van der Waals surface area contributed by atoms with Crippen LogP contribution in [0.5, 0.6) is 0 Å². The van der Waals surface area contributed by atoms with Crippen molar-refractivity contribution in [3.63, 3.8) is 0 Å². The first kappa shape index (κ1) is 11.4. The lowest BCUT2D eigenvalue weighted by Crippen LogP contribution is -2.34. The van der Waals surface area contributed by atoms with E-state index in [1.807, 2.05) is 0 Å². The van der Waals surface area contributed by atoms with Gasteiger partial charge in [-0.2, -0.15) is 0 Å². The summed E-state index contributed by atoms with van der Waals surface area (Å²) < 4.78 is 4.20. The third-order valence-electron chi connectivity index (χ3n) is 1.47. The number of carbonyl (C=O) groups excluding carboxylic acids is 1. The predicted octanol–water partition coefficient (Wildman–Crippen LogP) is -1.35. The Morgan fingerprint density at radius 1 is 1.50 bits per heavy atom. The number of hydrogen-bond acceptors (Lipinski definition) is 5. The molecule has 0 aliphatic carbocycles. The lowest BCUT2D eigenvalue weighted by atomic mass is 10.1. The van der Waals surface area contributed by atoms with Gasteiger partial charge >= 0.3 is 5.97 Å². The summed E-state index contributed by atoms with van der Waals surface area (Å²) in [6.45, 7) is -0.0784. The molecule has 0 aromatic heterocycles. The van der Waals surface area contributed by atoms with E-state index < -0.39 is 18.2 Å². The van der Waals surface area contributed by atoms with Crippen molar-refractivity contribution in [2.45, 2.75) is 25.0 Å². The molecule has 0 unspecified atom stereocenters. The largest absolute Gasteiger partial charge is 0.467 e. The number of ether oxygens (including phenoxy) is 1. The summed E-state index contributed by atoms with van der Waals surface area (Å²) in [6, 6.07) is 0. The van der Waals surface area contributed by atoms with E-state index in [-0.39, 0.29) is 13.0 Å². The molecule has 2 atom stereocenters. The van der Waals surface area contributed by atoms with Crippen LogP contribution in [0.3, 0.4) is 0 Å². The lowest BCUT2D eigenvalue weighted by molar-refractivity contribution is -0.156. The van der Waals surface area contributed by atoms with Gasteiger partial charge in [0, 0.05) is 6.61 Å². The van der Waals surface area contributed by atoms with E-state index in [2.05, 4.69) is 4.74 Å². The maximum atomic E-state index is 10.6. The van der Waals surface area contributed by atoms with Gasteiger partial charge in [0.2, 0.25) is 0 Å². The van der Waals surface area contributed by atoms with Crippen molar-refractivity contribution >= 4 is 5.97 Å². The van der Waals surface area contributed by atoms with Gasteiger partial charge in [-0.1, -0.05) is 0 Å². The maximum absolute atomic E-state index is 10.6. The lowest BCUT2D eigenvalue weighted by Gasteiger charge is -2.14. The molecule has 0 radical (unpaired) electrons. The fourth-order valence-electron chi connectivity index (χ4n) is 0.736. The quantitative estimate of drug-likeness (QED) is 0.453. The van der Waals surface area contributed by atoms with Crippen molar-refractivity contribution in [1.82, 2.24) is 0 Å². The van der Waals surface area contributed by atoms with E-state index in [0.717, 1.165) is 7.11 Å². The maximum Gasteiger partial charge on any atom is 0.337 e. The van der Waals surface area contributed by atoms with Crippen LogP contribution in [0.4, 0.5) is 0 Å². The SMILES string of the molecule is COC(=O)[C@H](O)[C@@H](O)CCCO. The van der Waals surface area contributed by atoms with Gasteiger partial charge in [0.25, 0.3) is 0 Å². The first-order chi connectivity index (χ1) is 5.63. The Labute approximate surface area is 70.6 Å². The second-order valence-electron chi connectivity index (χ2n) is 2.40. The summed E-state index contributed by atoms with van der Waals surface area (Å²) in [5, 5.41) is 26.5. The predicted molar refractivity (Wildman–Crippen MR) is 40.3 cm³/mol. The molecule has 0 spiro atoms. The van der Waals surface area contributed by atoms with E-state index in [4.69, 9.17) is 15.3 Å². The standard InChI is InChI=1S/C7H14O5/c1-12-7(11)6(10)5(9)3-2-4-8/h5-6,8-10H,2-4H2,1H3/t5-,6+/m0/s1. The van der Waals surface area contributed by atoms with Crippen molar-refractivity contribution < 1.29 is 24.9 Å². The van der Waals surface area contributed by atoms with Crippen LogP contribution in [0.1, 0.15) is 12.8 Å². The summed E-state index contributed by atoms with van der Waals surface area (Å²) in [6.07, 6.45) is -2.16. The highest BCUT2D eigenvalue weighted by atomic mass is 16.5. The van der Waals surface area contributed by atoms with E-state index in [1.165, 1.54) is 0 Å². The van der Waals surface area contributed by atoms with Crippen LogP contribution in [0, 0.1) is 0 Å². The molecule has 5 nitrogen and oxygen atoms in total. The van der Waals surface area contributed by atoms with Gasteiger partial charge in [0.05, 0.1) is 13.2 Å². The monoisotopic (exact) mass is 178 g/mol. The number of methoxy groups -OCH3 is 1. The molecular weight excluding hydrogens is 164 g/mol. The van der Waals surface area contributed by atoms with Crippen molar-refractivity contribution in [2.75, 3.05) is 13.7 Å². The van der Waals surface area contributed by atoms with Crippen molar-refractivity contribution in [3.8, 4) is 0 Å². The molecule has 0 aliphatic heterocycles. The van der Waals surface area contributed by atoms with Crippen LogP contribution in [-0.2, 0) is 9.53 Å². The minimum Gasteiger partial charge on any atom is -0.467 e. The Kier molecular flexibility index (Phi) is 5.61. The van der Waals surface area contributed by atoms with Crippen LogP contribution in [0.25, 0.3) is 0 Å². The molecule has 0 amide bonds. The zero-order chi connectivity index (χ0) is 9.56. The summed E-state index contributed by atoms with van der Waals surface area (Å²) >= 11 is 0. The highest BCUT2D eigenvalue weighted by Crippen LogP contribution is 2.03. The van der Waals surface area contributed by atoms with E-state index in [9.17, 15) is 4.79 Å². The zero-order valence-corrected chi connectivity index (χ0v) is 6.93. The number of aliphatic hydroxyl groups excluding tert-OH is 3. The van der Waals surface area contributed by atoms with E-state index in [0.29, 0.717) is 6.42 Å². The third-order valence-corrected chi connectivity index (χ3v) is 1.47. The summed E-state index contributed by atoms with van der Waals surface area (Å²) in [5.74, 6) is -0.861. The second-order valence-corrected chi connectivity index (χ2v) is 2.40. The molecule has 0 fully saturated rings. The first-order valence-electron chi connectivity index (χ1n) is 3.68. The van der Waals surface area contributed by atoms with Crippen LogP contribution < -0.4 is 0 Å². The van der Waals surface area contributed by atoms with Gasteiger partial charge in [-0.15, -0.1) is 0 Å². The Morgan fingerprint density at radius 3 is 2.50 bits per heavy atom. The van der Waals surface area contributed by atoms with Crippen LogP contribution in [0.15, 0.2) is 0 Å². The molecule has 0 aliphatic rings. The summed E-state index contributed by atoms with van der Waals surface area (Å²) in [7, 11) is 1.13. The Hall–Kier alpha value is -0.650. The molecule has 5 heteroatoms.